The second kappa shape index (κ2) is 4.65. The van der Waals surface area contributed by atoms with Crippen molar-refractivity contribution in [2.75, 3.05) is 0 Å². The van der Waals surface area contributed by atoms with Gasteiger partial charge in [0.25, 0.3) is 0 Å². The largest absolute Gasteiger partial charge is 0.298 e. The van der Waals surface area contributed by atoms with Crippen molar-refractivity contribution in [2.24, 2.45) is 0 Å². The minimum atomic E-state index is -0.139. The van der Waals surface area contributed by atoms with Gasteiger partial charge in [0.1, 0.15) is 0 Å². The smallest absolute Gasteiger partial charge is 0.153 e. The molecule has 3 heteroatoms. The molecule has 0 amide bonds. The molecular weight excluding hydrogens is 236 g/mol. The first kappa shape index (κ1) is 13.5. The number of hydrogen-bond acceptors (Lipinski definition) is 2. The summed E-state index contributed by atoms with van der Waals surface area (Å²) in [6.45, 7) is 10.3. The van der Waals surface area contributed by atoms with E-state index in [4.69, 9.17) is 0 Å². The van der Waals surface area contributed by atoms with E-state index in [1.165, 1.54) is 5.56 Å². The van der Waals surface area contributed by atoms with Gasteiger partial charge in [0.05, 0.1) is 16.9 Å². The number of benzene rings is 1. The quantitative estimate of drug-likeness (QED) is 0.769. The van der Waals surface area contributed by atoms with E-state index in [1.807, 2.05) is 12.3 Å². The summed E-state index contributed by atoms with van der Waals surface area (Å²) in [5, 5.41) is 4.60. The second-order valence-corrected chi connectivity index (χ2v) is 6.04. The third-order valence-electron chi connectivity index (χ3n) is 3.18. The molecule has 1 heterocycles. The molecule has 0 radical (unpaired) electrons. The molecule has 2 rings (SSSR count). The van der Waals surface area contributed by atoms with E-state index in [-0.39, 0.29) is 5.41 Å². The number of carbonyl (C=O) groups excluding carboxylic acids is 1. The van der Waals surface area contributed by atoms with E-state index < -0.39 is 0 Å². The molecule has 1 aromatic heterocycles. The normalized spacial score (nSPS) is 11.6. The van der Waals surface area contributed by atoms with Crippen molar-refractivity contribution in [3.63, 3.8) is 0 Å². The molecule has 100 valence electrons. The molecule has 0 saturated heterocycles. The summed E-state index contributed by atoms with van der Waals surface area (Å²) in [7, 11) is 0. The van der Waals surface area contributed by atoms with Gasteiger partial charge >= 0.3 is 0 Å². The molecule has 1 aromatic carbocycles. The Morgan fingerprint density at radius 3 is 2.37 bits per heavy atom. The number of aldehydes is 1. The predicted molar refractivity (Wildman–Crippen MR) is 77.1 cm³/mol. The van der Waals surface area contributed by atoms with Crippen LogP contribution in [-0.4, -0.2) is 16.1 Å². The van der Waals surface area contributed by atoms with Crippen LogP contribution in [0.15, 0.2) is 24.4 Å². The molecule has 0 aliphatic rings. The lowest BCUT2D eigenvalue weighted by atomic mass is 9.90. The highest BCUT2D eigenvalue weighted by molar-refractivity contribution is 5.77. The third-order valence-corrected chi connectivity index (χ3v) is 3.18. The number of nitrogens with zero attached hydrogens (tertiary/aromatic N) is 2. The molecule has 0 saturated carbocycles. The number of hydrogen-bond donors (Lipinski definition) is 0. The Bertz CT molecular complexity index is 618. The lowest BCUT2D eigenvalue weighted by Crippen LogP contribution is -2.14. The van der Waals surface area contributed by atoms with Crippen LogP contribution in [0.1, 0.15) is 48.0 Å². The molecule has 0 aliphatic heterocycles. The average molecular weight is 256 g/mol. The van der Waals surface area contributed by atoms with Crippen molar-refractivity contribution < 1.29 is 4.79 Å². The first-order valence-corrected chi connectivity index (χ1v) is 6.46. The van der Waals surface area contributed by atoms with Gasteiger partial charge in [-0.15, -0.1) is 0 Å². The van der Waals surface area contributed by atoms with Gasteiger partial charge in [0.2, 0.25) is 0 Å². The summed E-state index contributed by atoms with van der Waals surface area (Å²) in [5.41, 5.74) is 4.75. The topological polar surface area (TPSA) is 34.9 Å². The van der Waals surface area contributed by atoms with E-state index in [0.717, 1.165) is 23.2 Å². The van der Waals surface area contributed by atoms with E-state index in [9.17, 15) is 4.79 Å². The Balaban J connectivity index is 2.58. The summed E-state index contributed by atoms with van der Waals surface area (Å²) < 4.78 is 1.80. The van der Waals surface area contributed by atoms with Crippen LogP contribution in [0.25, 0.3) is 5.69 Å². The van der Waals surface area contributed by atoms with Crippen molar-refractivity contribution >= 4 is 6.29 Å². The van der Waals surface area contributed by atoms with Crippen LogP contribution in [0.5, 0.6) is 0 Å². The maximum absolute atomic E-state index is 11.2. The van der Waals surface area contributed by atoms with Crippen LogP contribution in [0.4, 0.5) is 0 Å². The van der Waals surface area contributed by atoms with Crippen molar-refractivity contribution in [2.45, 2.75) is 40.0 Å². The summed E-state index contributed by atoms with van der Waals surface area (Å²) >= 11 is 0. The fraction of sp³-hybridized carbons (Fsp3) is 0.375. The molecule has 0 aliphatic carbocycles. The third kappa shape index (κ3) is 2.60. The van der Waals surface area contributed by atoms with Crippen molar-refractivity contribution in [1.29, 1.82) is 0 Å². The highest BCUT2D eigenvalue weighted by atomic mass is 16.1. The summed E-state index contributed by atoms with van der Waals surface area (Å²) in [6.07, 6.45) is 2.69. The van der Waals surface area contributed by atoms with Crippen molar-refractivity contribution in [1.82, 2.24) is 9.78 Å². The van der Waals surface area contributed by atoms with Gasteiger partial charge in [-0.25, -0.2) is 4.68 Å². The first-order valence-electron chi connectivity index (χ1n) is 6.46. The van der Waals surface area contributed by atoms with E-state index in [2.05, 4.69) is 51.9 Å². The van der Waals surface area contributed by atoms with Crippen LogP contribution in [-0.2, 0) is 5.41 Å². The fourth-order valence-corrected chi connectivity index (χ4v) is 2.24. The SMILES string of the molecule is Cc1ccc(-n2cc(C=O)c(C(C)(C)C)n2)c(C)c1. The molecule has 0 spiro atoms. The van der Waals surface area contributed by atoms with Gasteiger partial charge in [-0.2, -0.15) is 5.10 Å². The van der Waals surface area contributed by atoms with Gasteiger partial charge < -0.3 is 0 Å². The van der Waals surface area contributed by atoms with Crippen molar-refractivity contribution in [3.05, 3.63) is 46.8 Å². The molecular formula is C16H20N2O. The molecule has 3 nitrogen and oxygen atoms in total. The van der Waals surface area contributed by atoms with Gasteiger partial charge in [0.15, 0.2) is 6.29 Å². The Morgan fingerprint density at radius 2 is 1.89 bits per heavy atom. The molecule has 0 fully saturated rings. The zero-order valence-corrected chi connectivity index (χ0v) is 12.2. The van der Waals surface area contributed by atoms with Crippen LogP contribution in [0, 0.1) is 13.8 Å². The molecule has 0 atom stereocenters. The lowest BCUT2D eigenvalue weighted by molar-refractivity contribution is 0.112. The summed E-state index contributed by atoms with van der Waals surface area (Å²) in [5.74, 6) is 0. The van der Waals surface area contributed by atoms with E-state index in [0.29, 0.717) is 5.56 Å². The van der Waals surface area contributed by atoms with E-state index in [1.54, 1.807) is 4.68 Å². The number of carbonyl (C=O) groups is 1. The average Bonchev–Trinajstić information content (AvgIpc) is 2.72. The fourth-order valence-electron chi connectivity index (χ4n) is 2.24. The maximum atomic E-state index is 11.2. The lowest BCUT2D eigenvalue weighted by Gasteiger charge is -2.15. The maximum Gasteiger partial charge on any atom is 0.153 e. The Kier molecular flexibility index (Phi) is 3.31. The summed E-state index contributed by atoms with van der Waals surface area (Å²) in [6, 6.07) is 6.22. The summed E-state index contributed by atoms with van der Waals surface area (Å²) in [4.78, 5) is 11.2. The minimum absolute atomic E-state index is 0.139. The van der Waals surface area contributed by atoms with Gasteiger partial charge in [-0.05, 0) is 25.5 Å². The van der Waals surface area contributed by atoms with Gasteiger partial charge in [-0.3, -0.25) is 4.79 Å². The Morgan fingerprint density at radius 1 is 1.21 bits per heavy atom. The highest BCUT2D eigenvalue weighted by Crippen LogP contribution is 2.25. The molecule has 0 bridgehead atoms. The standard InChI is InChI=1S/C16H20N2O/c1-11-6-7-14(12(2)8-11)18-9-13(10-19)15(17-18)16(3,4)5/h6-10H,1-5H3. The first-order chi connectivity index (χ1) is 8.82. The van der Waals surface area contributed by atoms with Gasteiger partial charge in [0, 0.05) is 11.6 Å². The number of aromatic nitrogens is 2. The van der Waals surface area contributed by atoms with Gasteiger partial charge in [-0.1, -0.05) is 38.5 Å². The van der Waals surface area contributed by atoms with Crippen LogP contribution in [0.2, 0.25) is 0 Å². The molecule has 0 unspecified atom stereocenters. The zero-order chi connectivity index (χ0) is 14.2. The molecule has 2 aromatic rings. The van der Waals surface area contributed by atoms with Crippen LogP contribution in [0.3, 0.4) is 0 Å². The zero-order valence-electron chi connectivity index (χ0n) is 12.2. The van der Waals surface area contributed by atoms with Crippen molar-refractivity contribution in [3.8, 4) is 5.69 Å². The van der Waals surface area contributed by atoms with E-state index >= 15 is 0 Å². The monoisotopic (exact) mass is 256 g/mol. The molecule has 19 heavy (non-hydrogen) atoms. The number of rotatable bonds is 2. The van der Waals surface area contributed by atoms with Crippen LogP contribution >= 0.6 is 0 Å². The minimum Gasteiger partial charge on any atom is -0.298 e. The second-order valence-electron chi connectivity index (χ2n) is 6.04. The Labute approximate surface area is 114 Å². The number of aryl methyl sites for hydroxylation is 2. The molecule has 0 N–H and O–H groups in total. The predicted octanol–water partition coefficient (Wildman–Crippen LogP) is 3.60. The van der Waals surface area contributed by atoms with Crippen LogP contribution < -0.4 is 0 Å². The Hall–Kier alpha value is -1.90. The highest BCUT2D eigenvalue weighted by Gasteiger charge is 2.22.